The van der Waals surface area contributed by atoms with Crippen LogP contribution in [0.25, 0.3) is 0 Å². The van der Waals surface area contributed by atoms with Crippen LogP contribution in [-0.2, 0) is 0 Å². The van der Waals surface area contributed by atoms with Gasteiger partial charge in [-0.1, -0.05) is 5.16 Å². The van der Waals surface area contributed by atoms with Gasteiger partial charge in [-0.3, -0.25) is 0 Å². The molecular weight excluding hydrogens is 130 g/mol. The predicted octanol–water partition coefficient (Wildman–Crippen LogP) is -0.125. The van der Waals surface area contributed by atoms with Crippen LogP contribution in [0.2, 0.25) is 0 Å². The van der Waals surface area contributed by atoms with Crippen molar-refractivity contribution in [3.63, 3.8) is 0 Å². The molecule has 0 aromatic rings. The minimum Gasteiger partial charge on any atom is -0.409 e. The van der Waals surface area contributed by atoms with E-state index in [0.717, 1.165) is 6.54 Å². The third kappa shape index (κ3) is 2.68. The Morgan fingerprint density at radius 2 is 2.40 bits per heavy atom. The molecule has 0 aromatic heterocycles. The second kappa shape index (κ2) is 3.41. The smallest absolute Gasteiger partial charge is 0.140 e. The molecule has 0 heterocycles. The average Bonchev–Trinajstić information content (AvgIpc) is 2.71. The summed E-state index contributed by atoms with van der Waals surface area (Å²) in [6, 6.07) is 0.700. The molecule has 0 saturated heterocycles. The Bertz CT molecular complexity index is 131. The van der Waals surface area contributed by atoms with Crippen molar-refractivity contribution >= 4 is 5.84 Å². The van der Waals surface area contributed by atoms with Gasteiger partial charge in [-0.25, -0.2) is 0 Å². The van der Waals surface area contributed by atoms with Crippen LogP contribution >= 0.6 is 0 Å². The van der Waals surface area contributed by atoms with Gasteiger partial charge >= 0.3 is 0 Å². The van der Waals surface area contributed by atoms with Gasteiger partial charge in [0.1, 0.15) is 5.84 Å². The van der Waals surface area contributed by atoms with Crippen molar-refractivity contribution in [3.8, 4) is 0 Å². The first-order chi connectivity index (χ1) is 4.83. The number of nitrogens with two attached hydrogens (primary N) is 1. The van der Waals surface area contributed by atoms with Crippen molar-refractivity contribution in [2.24, 2.45) is 10.9 Å². The number of oxime groups is 1. The summed E-state index contributed by atoms with van der Waals surface area (Å²) in [6.45, 7) is 0.820. The number of nitrogens with zero attached hydrogens (tertiary/aromatic N) is 1. The van der Waals surface area contributed by atoms with Crippen molar-refractivity contribution in [1.82, 2.24) is 5.32 Å². The summed E-state index contributed by atoms with van der Waals surface area (Å²) in [6.07, 6.45) is 3.18. The van der Waals surface area contributed by atoms with Gasteiger partial charge in [0.05, 0.1) is 0 Å². The van der Waals surface area contributed by atoms with E-state index < -0.39 is 0 Å². The number of hydrogen-bond donors (Lipinski definition) is 3. The van der Waals surface area contributed by atoms with Crippen LogP contribution in [-0.4, -0.2) is 23.6 Å². The lowest BCUT2D eigenvalue weighted by atomic mass is 10.4. The van der Waals surface area contributed by atoms with E-state index >= 15 is 0 Å². The molecule has 4 heteroatoms. The highest BCUT2D eigenvalue weighted by Gasteiger charge is 2.19. The largest absolute Gasteiger partial charge is 0.409 e. The van der Waals surface area contributed by atoms with Crippen molar-refractivity contribution in [2.75, 3.05) is 6.54 Å². The van der Waals surface area contributed by atoms with Crippen molar-refractivity contribution in [3.05, 3.63) is 0 Å². The molecule has 1 aliphatic rings. The Balaban J connectivity index is 1.93. The maximum absolute atomic E-state index is 8.15. The zero-order valence-corrected chi connectivity index (χ0v) is 5.88. The highest BCUT2D eigenvalue weighted by Crippen LogP contribution is 2.18. The fourth-order valence-corrected chi connectivity index (χ4v) is 0.742. The monoisotopic (exact) mass is 143 g/mol. The zero-order valence-electron chi connectivity index (χ0n) is 5.88. The van der Waals surface area contributed by atoms with Gasteiger partial charge in [0.25, 0.3) is 0 Å². The first-order valence-electron chi connectivity index (χ1n) is 3.52. The normalized spacial score (nSPS) is 19.4. The van der Waals surface area contributed by atoms with Crippen LogP contribution in [0.1, 0.15) is 19.3 Å². The summed E-state index contributed by atoms with van der Waals surface area (Å²) in [5.74, 6) is 0.299. The second-order valence-electron chi connectivity index (χ2n) is 2.57. The van der Waals surface area contributed by atoms with E-state index in [-0.39, 0.29) is 0 Å². The summed E-state index contributed by atoms with van der Waals surface area (Å²) in [5.41, 5.74) is 5.24. The molecule has 58 valence electrons. The summed E-state index contributed by atoms with van der Waals surface area (Å²) in [7, 11) is 0. The van der Waals surface area contributed by atoms with Gasteiger partial charge in [-0.15, -0.1) is 0 Å². The molecule has 0 radical (unpaired) electrons. The molecular formula is C6H13N3O. The SMILES string of the molecule is N/C(CCNC1CC1)=N\O. The lowest BCUT2D eigenvalue weighted by Gasteiger charge is -1.99. The molecule has 0 atom stereocenters. The highest BCUT2D eigenvalue weighted by atomic mass is 16.4. The van der Waals surface area contributed by atoms with Gasteiger partial charge in [0, 0.05) is 19.0 Å². The maximum Gasteiger partial charge on any atom is 0.140 e. The van der Waals surface area contributed by atoms with Gasteiger partial charge in [-0.05, 0) is 12.8 Å². The van der Waals surface area contributed by atoms with E-state index in [0.29, 0.717) is 18.3 Å². The minimum atomic E-state index is 0.299. The van der Waals surface area contributed by atoms with Gasteiger partial charge < -0.3 is 16.3 Å². The van der Waals surface area contributed by atoms with Gasteiger partial charge in [0.2, 0.25) is 0 Å². The molecule has 10 heavy (non-hydrogen) atoms. The van der Waals surface area contributed by atoms with Gasteiger partial charge in [0.15, 0.2) is 0 Å². The zero-order chi connectivity index (χ0) is 7.40. The number of amidine groups is 1. The average molecular weight is 143 g/mol. The summed E-state index contributed by atoms with van der Waals surface area (Å²) in [5, 5.41) is 14.3. The van der Waals surface area contributed by atoms with E-state index in [1.165, 1.54) is 12.8 Å². The Kier molecular flexibility index (Phi) is 2.50. The number of nitrogens with one attached hydrogen (secondary N) is 1. The van der Waals surface area contributed by atoms with E-state index in [9.17, 15) is 0 Å². The van der Waals surface area contributed by atoms with Crippen LogP contribution in [0.3, 0.4) is 0 Å². The lowest BCUT2D eigenvalue weighted by molar-refractivity contribution is 0.316. The molecule has 0 aliphatic heterocycles. The maximum atomic E-state index is 8.15. The van der Waals surface area contributed by atoms with Gasteiger partial charge in [-0.2, -0.15) is 0 Å². The Labute approximate surface area is 60.1 Å². The van der Waals surface area contributed by atoms with E-state index in [2.05, 4.69) is 10.5 Å². The molecule has 4 nitrogen and oxygen atoms in total. The fraction of sp³-hybridized carbons (Fsp3) is 0.833. The molecule has 1 fully saturated rings. The standard InChI is InChI=1S/C6H13N3O/c7-6(9-10)3-4-8-5-1-2-5/h5,8,10H,1-4H2,(H2,7,9). The fourth-order valence-electron chi connectivity index (χ4n) is 0.742. The quantitative estimate of drug-likeness (QED) is 0.222. The van der Waals surface area contributed by atoms with Crippen molar-refractivity contribution in [2.45, 2.75) is 25.3 Å². The van der Waals surface area contributed by atoms with E-state index in [4.69, 9.17) is 10.9 Å². The summed E-state index contributed by atoms with van der Waals surface area (Å²) < 4.78 is 0. The molecule has 0 aromatic carbocycles. The molecule has 0 amide bonds. The number of rotatable bonds is 4. The number of hydrogen-bond acceptors (Lipinski definition) is 3. The minimum absolute atomic E-state index is 0.299. The van der Waals surface area contributed by atoms with Crippen LogP contribution in [0.15, 0.2) is 5.16 Å². The first-order valence-corrected chi connectivity index (χ1v) is 3.52. The Morgan fingerprint density at radius 1 is 1.70 bits per heavy atom. The van der Waals surface area contributed by atoms with Crippen molar-refractivity contribution in [1.29, 1.82) is 0 Å². The van der Waals surface area contributed by atoms with Crippen molar-refractivity contribution < 1.29 is 5.21 Å². The van der Waals surface area contributed by atoms with E-state index in [1.54, 1.807) is 0 Å². The molecule has 0 unspecified atom stereocenters. The topological polar surface area (TPSA) is 70.6 Å². The summed E-state index contributed by atoms with van der Waals surface area (Å²) >= 11 is 0. The van der Waals surface area contributed by atoms with E-state index in [1.807, 2.05) is 0 Å². The molecule has 0 bridgehead atoms. The second-order valence-corrected chi connectivity index (χ2v) is 2.57. The summed E-state index contributed by atoms with van der Waals surface area (Å²) in [4.78, 5) is 0. The first kappa shape index (κ1) is 7.34. The van der Waals surface area contributed by atoms with Crippen LogP contribution in [0.5, 0.6) is 0 Å². The lowest BCUT2D eigenvalue weighted by Crippen LogP contribution is -2.23. The van der Waals surface area contributed by atoms with Crippen LogP contribution in [0.4, 0.5) is 0 Å². The predicted molar refractivity (Wildman–Crippen MR) is 39.1 cm³/mol. The molecule has 1 aliphatic carbocycles. The Morgan fingerprint density at radius 3 is 2.90 bits per heavy atom. The molecule has 0 spiro atoms. The van der Waals surface area contributed by atoms with Crippen LogP contribution in [0, 0.1) is 0 Å². The third-order valence-corrected chi connectivity index (χ3v) is 1.52. The molecule has 1 rings (SSSR count). The molecule has 1 saturated carbocycles. The Hall–Kier alpha value is -0.770. The molecule has 4 N–H and O–H groups in total. The van der Waals surface area contributed by atoms with Crippen LogP contribution < -0.4 is 11.1 Å². The third-order valence-electron chi connectivity index (χ3n) is 1.52. The highest BCUT2D eigenvalue weighted by molar-refractivity contribution is 5.79.